The lowest BCUT2D eigenvalue weighted by molar-refractivity contribution is 0.518. The molecule has 0 spiro atoms. The summed E-state index contributed by atoms with van der Waals surface area (Å²) < 4.78 is 28.4. The molecule has 20 heavy (non-hydrogen) atoms. The molecule has 0 amide bonds. The van der Waals surface area contributed by atoms with Crippen LogP contribution in [0, 0.1) is 0 Å². The van der Waals surface area contributed by atoms with Gasteiger partial charge in [0.25, 0.3) is 0 Å². The molecule has 6 nitrogen and oxygen atoms in total. The van der Waals surface area contributed by atoms with Gasteiger partial charge in [-0.15, -0.1) is 0 Å². The molecule has 1 unspecified atom stereocenters. The van der Waals surface area contributed by atoms with Gasteiger partial charge in [0.05, 0.1) is 12.1 Å². The number of hydrogen-bond acceptors (Lipinski definition) is 4. The van der Waals surface area contributed by atoms with Gasteiger partial charge in [0.2, 0.25) is 10.0 Å². The summed E-state index contributed by atoms with van der Waals surface area (Å²) in [6.07, 6.45) is 7.87. The van der Waals surface area contributed by atoms with E-state index in [1.807, 2.05) is 17.7 Å². The molecule has 1 rings (SSSR count). The van der Waals surface area contributed by atoms with Gasteiger partial charge >= 0.3 is 0 Å². The summed E-state index contributed by atoms with van der Waals surface area (Å²) in [6, 6.07) is -0.132. The van der Waals surface area contributed by atoms with Gasteiger partial charge in [-0.3, -0.25) is 0 Å². The number of nitrogens with zero attached hydrogens (tertiary/aromatic N) is 2. The van der Waals surface area contributed by atoms with E-state index in [1.54, 1.807) is 12.5 Å². The normalized spacial score (nSPS) is 13.5. The molecule has 0 aliphatic heterocycles. The van der Waals surface area contributed by atoms with Gasteiger partial charge in [-0.25, -0.2) is 18.1 Å². The molecule has 2 N–H and O–H groups in total. The number of aromatic nitrogens is 2. The molecule has 0 saturated heterocycles. The highest BCUT2D eigenvalue weighted by atomic mass is 32.2. The number of imidazole rings is 1. The number of hydrogen-bond donors (Lipinski definition) is 2. The Balaban J connectivity index is 2.20. The zero-order chi connectivity index (χ0) is 14.8. The lowest BCUT2D eigenvalue weighted by Gasteiger charge is -2.14. The Hall–Kier alpha value is -0.920. The monoisotopic (exact) mass is 302 g/mol. The second-order valence-corrected chi connectivity index (χ2v) is 6.93. The topological polar surface area (TPSA) is 76.0 Å². The highest BCUT2D eigenvalue weighted by Gasteiger charge is 2.14. The Labute approximate surface area is 122 Å². The Morgan fingerprint density at radius 1 is 1.30 bits per heavy atom. The van der Waals surface area contributed by atoms with Gasteiger partial charge in [-0.05, 0) is 39.3 Å². The largest absolute Gasteiger partial charge is 0.336 e. The Kier molecular flexibility index (Phi) is 7.79. The van der Waals surface area contributed by atoms with E-state index in [9.17, 15) is 8.42 Å². The molecular weight excluding hydrogens is 276 g/mol. The molecule has 116 valence electrons. The number of sulfonamides is 1. The van der Waals surface area contributed by atoms with Gasteiger partial charge in [0.1, 0.15) is 0 Å². The van der Waals surface area contributed by atoms with Crippen LogP contribution in [0.15, 0.2) is 18.7 Å². The molecule has 1 aromatic heterocycles. The maximum absolute atomic E-state index is 11.9. The predicted molar refractivity (Wildman–Crippen MR) is 81.0 cm³/mol. The summed E-state index contributed by atoms with van der Waals surface area (Å²) in [5.41, 5.74) is 0. The average molecular weight is 302 g/mol. The zero-order valence-corrected chi connectivity index (χ0v) is 13.2. The second kappa shape index (κ2) is 9.10. The molecule has 1 atom stereocenters. The van der Waals surface area contributed by atoms with E-state index >= 15 is 0 Å². The van der Waals surface area contributed by atoms with Crippen molar-refractivity contribution in [2.24, 2.45) is 0 Å². The standard InChI is InChI=1S/C13H26N4O2S/c1-3-6-14-7-4-5-10-20(18,19)16-13(2)11-17-9-8-15-12-17/h8-9,12-14,16H,3-7,10-11H2,1-2H3. The van der Waals surface area contributed by atoms with E-state index in [4.69, 9.17) is 0 Å². The number of rotatable bonds is 11. The first-order chi connectivity index (χ1) is 9.53. The number of unbranched alkanes of at least 4 members (excludes halogenated alkanes) is 1. The maximum atomic E-state index is 11.9. The van der Waals surface area contributed by atoms with Crippen LogP contribution in [0.3, 0.4) is 0 Å². The van der Waals surface area contributed by atoms with Crippen LogP contribution in [-0.4, -0.2) is 42.9 Å². The Bertz CT molecular complexity index is 445. The van der Waals surface area contributed by atoms with Gasteiger partial charge in [-0.2, -0.15) is 0 Å². The minimum Gasteiger partial charge on any atom is -0.336 e. The van der Waals surface area contributed by atoms with Crippen LogP contribution in [0.25, 0.3) is 0 Å². The number of nitrogens with one attached hydrogen (secondary N) is 2. The van der Waals surface area contributed by atoms with Gasteiger partial charge in [-0.1, -0.05) is 6.92 Å². The summed E-state index contributed by atoms with van der Waals surface area (Å²) >= 11 is 0. The molecule has 0 radical (unpaired) electrons. The van der Waals surface area contributed by atoms with E-state index in [0.29, 0.717) is 13.0 Å². The summed E-state index contributed by atoms with van der Waals surface area (Å²) in [4.78, 5) is 3.94. The van der Waals surface area contributed by atoms with Crippen molar-refractivity contribution in [1.82, 2.24) is 19.6 Å². The van der Waals surface area contributed by atoms with E-state index in [0.717, 1.165) is 25.9 Å². The van der Waals surface area contributed by atoms with E-state index < -0.39 is 10.0 Å². The van der Waals surface area contributed by atoms with E-state index in [2.05, 4.69) is 21.9 Å². The zero-order valence-electron chi connectivity index (χ0n) is 12.4. The third-order valence-electron chi connectivity index (χ3n) is 2.87. The first-order valence-electron chi connectivity index (χ1n) is 7.20. The van der Waals surface area contributed by atoms with Crippen LogP contribution in [0.2, 0.25) is 0 Å². The van der Waals surface area contributed by atoms with Crippen molar-refractivity contribution in [3.05, 3.63) is 18.7 Å². The molecule has 0 aliphatic rings. The fraction of sp³-hybridized carbons (Fsp3) is 0.769. The smallest absolute Gasteiger partial charge is 0.211 e. The van der Waals surface area contributed by atoms with Crippen LogP contribution < -0.4 is 10.0 Å². The summed E-state index contributed by atoms with van der Waals surface area (Å²) in [5, 5.41) is 3.27. The van der Waals surface area contributed by atoms with Crippen molar-refractivity contribution in [1.29, 1.82) is 0 Å². The van der Waals surface area contributed by atoms with Gasteiger partial charge < -0.3 is 9.88 Å². The molecule has 0 aliphatic carbocycles. The van der Waals surface area contributed by atoms with Gasteiger partial charge in [0, 0.05) is 25.0 Å². The van der Waals surface area contributed by atoms with Crippen molar-refractivity contribution >= 4 is 10.0 Å². The Morgan fingerprint density at radius 3 is 2.75 bits per heavy atom. The molecule has 0 bridgehead atoms. The molecular formula is C13H26N4O2S. The molecule has 0 saturated carbocycles. The molecule has 0 fully saturated rings. The van der Waals surface area contributed by atoms with Crippen molar-refractivity contribution in [3.8, 4) is 0 Å². The molecule has 1 aromatic rings. The molecule has 7 heteroatoms. The van der Waals surface area contributed by atoms with Crippen LogP contribution in [0.4, 0.5) is 0 Å². The van der Waals surface area contributed by atoms with Crippen molar-refractivity contribution in [2.45, 2.75) is 45.7 Å². The van der Waals surface area contributed by atoms with Crippen LogP contribution in [0.1, 0.15) is 33.1 Å². The van der Waals surface area contributed by atoms with Crippen LogP contribution in [0.5, 0.6) is 0 Å². The highest BCUT2D eigenvalue weighted by Crippen LogP contribution is 1.98. The first kappa shape index (κ1) is 17.1. The van der Waals surface area contributed by atoms with Crippen LogP contribution >= 0.6 is 0 Å². The SMILES string of the molecule is CCCNCCCCS(=O)(=O)NC(C)Cn1ccnc1. The Morgan fingerprint density at radius 2 is 2.10 bits per heavy atom. The minimum atomic E-state index is -3.19. The van der Waals surface area contributed by atoms with Crippen molar-refractivity contribution in [3.63, 3.8) is 0 Å². The van der Waals surface area contributed by atoms with Crippen LogP contribution in [-0.2, 0) is 16.6 Å². The average Bonchev–Trinajstić information content (AvgIpc) is 2.85. The fourth-order valence-corrected chi connectivity index (χ4v) is 3.35. The highest BCUT2D eigenvalue weighted by molar-refractivity contribution is 7.89. The second-order valence-electron chi connectivity index (χ2n) is 5.05. The van der Waals surface area contributed by atoms with Crippen molar-refractivity contribution < 1.29 is 8.42 Å². The fourth-order valence-electron chi connectivity index (χ4n) is 1.96. The summed E-state index contributed by atoms with van der Waals surface area (Å²) in [5.74, 6) is 0.190. The lowest BCUT2D eigenvalue weighted by Crippen LogP contribution is -2.37. The summed E-state index contributed by atoms with van der Waals surface area (Å²) in [6.45, 7) is 6.45. The summed E-state index contributed by atoms with van der Waals surface area (Å²) in [7, 11) is -3.19. The third kappa shape index (κ3) is 7.62. The van der Waals surface area contributed by atoms with E-state index in [1.165, 1.54) is 0 Å². The lowest BCUT2D eigenvalue weighted by atomic mass is 10.3. The predicted octanol–water partition coefficient (Wildman–Crippen LogP) is 0.971. The van der Waals surface area contributed by atoms with E-state index in [-0.39, 0.29) is 11.8 Å². The molecule has 1 heterocycles. The quantitative estimate of drug-likeness (QED) is 0.597. The maximum Gasteiger partial charge on any atom is 0.211 e. The molecule has 0 aromatic carbocycles. The third-order valence-corrected chi connectivity index (χ3v) is 4.46. The van der Waals surface area contributed by atoms with Gasteiger partial charge in [0.15, 0.2) is 0 Å². The van der Waals surface area contributed by atoms with Crippen molar-refractivity contribution in [2.75, 3.05) is 18.8 Å². The first-order valence-corrected chi connectivity index (χ1v) is 8.85. The minimum absolute atomic E-state index is 0.132.